The van der Waals surface area contributed by atoms with Gasteiger partial charge in [-0.1, -0.05) is 24.6 Å². The molecule has 1 atom stereocenters. The number of anilines is 1. The number of hydrogen-bond donors (Lipinski definition) is 3. The van der Waals surface area contributed by atoms with Crippen LogP contribution < -0.4 is 10.6 Å². The van der Waals surface area contributed by atoms with E-state index in [1.165, 1.54) is 31.0 Å². The fraction of sp³-hybridized carbons (Fsp3) is 0.511. The molecule has 1 spiro atoms. The lowest BCUT2D eigenvalue weighted by Gasteiger charge is -2.60. The zero-order valence-electron chi connectivity index (χ0n) is 35.3. The zero-order chi connectivity index (χ0) is 43.7. The van der Waals surface area contributed by atoms with Crippen molar-refractivity contribution in [3.63, 3.8) is 0 Å². The number of halogens is 2. The lowest BCUT2D eigenvalue weighted by Crippen LogP contribution is -2.62. The van der Waals surface area contributed by atoms with Crippen molar-refractivity contribution in [2.75, 3.05) is 25.0 Å². The van der Waals surface area contributed by atoms with E-state index in [-0.39, 0.29) is 24.4 Å². The second kappa shape index (κ2) is 16.0. The first-order valence-electron chi connectivity index (χ1n) is 21.8. The van der Waals surface area contributed by atoms with Gasteiger partial charge < -0.3 is 15.3 Å². The number of nitrogens with zero attached hydrogens (tertiary/aromatic N) is 4. The molecule has 326 valence electrons. The summed E-state index contributed by atoms with van der Waals surface area (Å²) in [7, 11) is 0. The van der Waals surface area contributed by atoms with Crippen LogP contribution in [0.4, 0.5) is 14.5 Å². The van der Waals surface area contributed by atoms with Crippen molar-refractivity contribution in [3.8, 4) is 0 Å². The standard InChI is InChI=1S/C47H52F2N6O6S/c1-45(2,61)31-19-34-36(20-33(31)51-40(57)32-11-6-12-37(50-32)46(3,48)49)62-42(52-34)29-15-13-26(14-16-29)23-54-24-47(25-54)21-27(22-47)7-4-8-28-9-5-10-30-39(28)44(60)55(43(30)59)35-17-18-38(56)53-41(35)58/h5-6,9-12,19-20,26-27,29,35,61H,4,7-8,13-18,21-25H2,1-3H3,(H,51,57)(H,53,56,58). The quantitative estimate of drug-likeness (QED) is 0.121. The lowest BCUT2D eigenvalue weighted by atomic mass is 9.56. The Hall–Kier alpha value is -4.99. The lowest BCUT2D eigenvalue weighted by molar-refractivity contribution is -0.136. The summed E-state index contributed by atoms with van der Waals surface area (Å²) < 4.78 is 28.7. The van der Waals surface area contributed by atoms with Gasteiger partial charge in [0.2, 0.25) is 11.8 Å². The van der Waals surface area contributed by atoms with E-state index in [0.717, 1.165) is 90.8 Å². The van der Waals surface area contributed by atoms with Crippen LogP contribution in [0, 0.1) is 17.3 Å². The van der Waals surface area contributed by atoms with Crippen LogP contribution in [0.15, 0.2) is 48.5 Å². The molecule has 2 saturated carbocycles. The molecule has 0 radical (unpaired) electrons. The summed E-state index contributed by atoms with van der Waals surface area (Å²) in [5, 5.41) is 17.2. The molecule has 5 heterocycles. The summed E-state index contributed by atoms with van der Waals surface area (Å²) in [5.74, 6) is -4.07. The predicted octanol–water partition coefficient (Wildman–Crippen LogP) is 7.69. The number of hydrogen-bond acceptors (Lipinski definition) is 10. The topological polar surface area (TPSA) is 162 Å². The number of likely N-dealkylation sites (tertiary alicyclic amines) is 1. The average Bonchev–Trinajstić information content (AvgIpc) is 3.73. The number of benzene rings is 2. The number of aryl methyl sites for hydroxylation is 1. The van der Waals surface area contributed by atoms with Crippen LogP contribution in [0.25, 0.3) is 10.2 Å². The second-order valence-corrected chi connectivity index (χ2v) is 20.1. The minimum Gasteiger partial charge on any atom is -0.386 e. The summed E-state index contributed by atoms with van der Waals surface area (Å²) in [6.45, 7) is 7.42. The minimum absolute atomic E-state index is 0.0975. The smallest absolute Gasteiger partial charge is 0.287 e. The molecule has 2 aliphatic carbocycles. The number of piperidine rings is 1. The number of imide groups is 2. The van der Waals surface area contributed by atoms with E-state index in [2.05, 4.69) is 20.5 Å². The molecule has 2 aromatic heterocycles. The first kappa shape index (κ1) is 42.3. The molecule has 2 saturated heterocycles. The van der Waals surface area contributed by atoms with Gasteiger partial charge in [0.15, 0.2) is 0 Å². The highest BCUT2D eigenvalue weighted by molar-refractivity contribution is 7.18. The predicted molar refractivity (Wildman–Crippen MR) is 229 cm³/mol. The van der Waals surface area contributed by atoms with Crippen molar-refractivity contribution in [3.05, 3.63) is 87.2 Å². The van der Waals surface area contributed by atoms with E-state index in [1.807, 2.05) is 18.2 Å². The summed E-state index contributed by atoms with van der Waals surface area (Å²) in [5.41, 5.74) is 1.71. The summed E-state index contributed by atoms with van der Waals surface area (Å²) in [6.07, 6.45) is 9.76. The van der Waals surface area contributed by atoms with Crippen LogP contribution >= 0.6 is 11.3 Å². The number of carbonyl (C=O) groups excluding carboxylic acids is 5. The maximum Gasteiger partial charge on any atom is 0.287 e. The fourth-order valence-electron chi connectivity index (χ4n) is 10.8. The second-order valence-electron chi connectivity index (χ2n) is 19.1. The monoisotopic (exact) mass is 866 g/mol. The van der Waals surface area contributed by atoms with Gasteiger partial charge in [-0.05, 0) is 125 Å². The highest BCUT2D eigenvalue weighted by atomic mass is 32.1. The molecule has 62 heavy (non-hydrogen) atoms. The average molecular weight is 867 g/mol. The van der Waals surface area contributed by atoms with Gasteiger partial charge in [0.25, 0.3) is 23.6 Å². The number of thiazole rings is 1. The van der Waals surface area contributed by atoms with E-state index in [4.69, 9.17) is 4.98 Å². The number of aromatic nitrogens is 2. The number of nitrogens with one attached hydrogen (secondary N) is 2. The highest BCUT2D eigenvalue weighted by Crippen LogP contribution is 2.54. The summed E-state index contributed by atoms with van der Waals surface area (Å²) in [6, 6.07) is 12.0. The number of rotatable bonds is 12. The normalized spacial score (nSPS) is 23.1. The van der Waals surface area contributed by atoms with Crippen molar-refractivity contribution in [1.82, 2.24) is 25.1 Å². The van der Waals surface area contributed by atoms with Crippen LogP contribution in [0.5, 0.6) is 0 Å². The van der Waals surface area contributed by atoms with Crippen LogP contribution in [0.3, 0.4) is 0 Å². The minimum atomic E-state index is -3.19. The van der Waals surface area contributed by atoms with E-state index in [0.29, 0.717) is 52.0 Å². The molecule has 2 aromatic carbocycles. The van der Waals surface area contributed by atoms with Crippen molar-refractivity contribution in [1.29, 1.82) is 0 Å². The third kappa shape index (κ3) is 8.19. The largest absolute Gasteiger partial charge is 0.386 e. The molecule has 3 aliphatic heterocycles. The molecule has 4 fully saturated rings. The zero-order valence-corrected chi connectivity index (χ0v) is 36.1. The van der Waals surface area contributed by atoms with E-state index < -0.39 is 46.9 Å². The molecular formula is C47H52F2N6O6S. The van der Waals surface area contributed by atoms with Gasteiger partial charge in [0.1, 0.15) is 17.4 Å². The molecule has 12 nitrogen and oxygen atoms in total. The Morgan fingerprint density at radius 2 is 1.69 bits per heavy atom. The van der Waals surface area contributed by atoms with Gasteiger partial charge in [0.05, 0.1) is 32.0 Å². The molecule has 1 unspecified atom stereocenters. The number of pyridine rings is 1. The van der Waals surface area contributed by atoms with Crippen molar-refractivity contribution in [2.45, 2.75) is 115 Å². The van der Waals surface area contributed by atoms with E-state index in [1.54, 1.807) is 37.3 Å². The third-order valence-electron chi connectivity index (χ3n) is 13.8. The number of amides is 5. The highest BCUT2D eigenvalue weighted by Gasteiger charge is 2.52. The Morgan fingerprint density at radius 3 is 2.40 bits per heavy atom. The Bertz CT molecular complexity index is 2470. The number of carbonyl (C=O) groups is 5. The van der Waals surface area contributed by atoms with Gasteiger partial charge in [-0.25, -0.2) is 9.97 Å². The van der Waals surface area contributed by atoms with Crippen LogP contribution in [0.1, 0.15) is 144 Å². The van der Waals surface area contributed by atoms with Crippen LogP contribution in [0.2, 0.25) is 0 Å². The van der Waals surface area contributed by atoms with Crippen molar-refractivity contribution < 1.29 is 37.9 Å². The fourth-order valence-corrected chi connectivity index (χ4v) is 11.9. The first-order valence-corrected chi connectivity index (χ1v) is 22.7. The summed E-state index contributed by atoms with van der Waals surface area (Å²) >= 11 is 1.60. The summed E-state index contributed by atoms with van der Waals surface area (Å²) in [4.78, 5) is 76.6. The van der Waals surface area contributed by atoms with Gasteiger partial charge in [-0.15, -0.1) is 11.3 Å². The number of alkyl halides is 2. The molecular weight excluding hydrogens is 815 g/mol. The van der Waals surface area contributed by atoms with Crippen molar-refractivity contribution in [2.24, 2.45) is 17.3 Å². The Labute approximate surface area is 362 Å². The van der Waals surface area contributed by atoms with Gasteiger partial charge in [-0.2, -0.15) is 8.78 Å². The SMILES string of the molecule is CC(C)(O)c1cc2nc(C3CCC(CN4CC5(CC(CCCc6cccc7c6C(=O)N(C6CCC(=O)NC6=O)C7=O)C5)C4)CC3)sc2cc1NC(=O)c1cccc(C(C)(F)F)n1. The van der Waals surface area contributed by atoms with Crippen LogP contribution in [-0.4, -0.2) is 80.1 Å². The maximum absolute atomic E-state index is 13.9. The molecule has 0 bridgehead atoms. The van der Waals surface area contributed by atoms with Gasteiger partial charge >= 0.3 is 0 Å². The Morgan fingerprint density at radius 1 is 0.952 bits per heavy atom. The number of aliphatic hydroxyl groups is 1. The van der Waals surface area contributed by atoms with Crippen molar-refractivity contribution >= 4 is 56.8 Å². The van der Waals surface area contributed by atoms with Crippen LogP contribution in [-0.2, 0) is 27.5 Å². The molecule has 4 aromatic rings. The molecule has 5 amide bonds. The van der Waals surface area contributed by atoms with Gasteiger partial charge in [0, 0.05) is 50.1 Å². The third-order valence-corrected chi connectivity index (χ3v) is 15.0. The van der Waals surface area contributed by atoms with E-state index in [9.17, 15) is 37.9 Å². The number of fused-ring (bicyclic) bond motifs is 2. The molecule has 15 heteroatoms. The molecule has 5 aliphatic rings. The molecule has 9 rings (SSSR count). The molecule has 3 N–H and O–H groups in total. The Kier molecular flexibility index (Phi) is 10.9. The first-order chi connectivity index (χ1) is 29.4. The maximum atomic E-state index is 13.9. The van der Waals surface area contributed by atoms with Gasteiger partial charge in [-0.3, -0.25) is 34.2 Å². The van der Waals surface area contributed by atoms with E-state index >= 15 is 0 Å². The Balaban J connectivity index is 0.735.